The molecule has 186 valence electrons. The van der Waals surface area contributed by atoms with E-state index in [4.69, 9.17) is 23.2 Å². The molecule has 0 unspecified atom stereocenters. The zero-order valence-electron chi connectivity index (χ0n) is 19.4. The monoisotopic (exact) mass is 531 g/mol. The van der Waals surface area contributed by atoms with Crippen LogP contribution in [0.15, 0.2) is 42.5 Å². The summed E-state index contributed by atoms with van der Waals surface area (Å²) < 4.78 is 40.3. The molecular formula is C23H28Cl2FN3O4S. The Bertz CT molecular complexity index is 1150. The number of benzene rings is 2. The van der Waals surface area contributed by atoms with Crippen molar-refractivity contribution >= 4 is 50.7 Å². The average molecular weight is 532 g/mol. The Morgan fingerprint density at radius 3 is 2.35 bits per heavy atom. The van der Waals surface area contributed by atoms with E-state index in [-0.39, 0.29) is 33.9 Å². The molecule has 0 bridgehead atoms. The van der Waals surface area contributed by atoms with E-state index < -0.39 is 40.2 Å². The average Bonchev–Trinajstić information content (AvgIpc) is 2.77. The van der Waals surface area contributed by atoms with Gasteiger partial charge in [-0.05, 0) is 44.5 Å². The molecule has 34 heavy (non-hydrogen) atoms. The molecule has 0 heterocycles. The van der Waals surface area contributed by atoms with Crippen molar-refractivity contribution in [1.82, 2.24) is 10.2 Å². The van der Waals surface area contributed by atoms with E-state index in [1.165, 1.54) is 43.3 Å². The number of carbonyl (C=O) groups is 2. The summed E-state index contributed by atoms with van der Waals surface area (Å²) in [5.41, 5.74) is 0.207. The Balaban J connectivity index is 2.45. The summed E-state index contributed by atoms with van der Waals surface area (Å²) in [6, 6.07) is 8.96. The van der Waals surface area contributed by atoms with Crippen LogP contribution >= 0.6 is 23.2 Å². The van der Waals surface area contributed by atoms with Gasteiger partial charge < -0.3 is 10.2 Å². The Morgan fingerprint density at radius 2 is 1.76 bits per heavy atom. The Kier molecular flexibility index (Phi) is 9.73. The van der Waals surface area contributed by atoms with Crippen molar-refractivity contribution in [3.8, 4) is 0 Å². The number of amides is 2. The number of rotatable bonds is 10. The van der Waals surface area contributed by atoms with Crippen LogP contribution in [0.25, 0.3) is 0 Å². The van der Waals surface area contributed by atoms with E-state index in [1.54, 1.807) is 6.07 Å². The highest BCUT2D eigenvalue weighted by Gasteiger charge is 2.31. The summed E-state index contributed by atoms with van der Waals surface area (Å²) in [6.07, 6.45) is 1.60. The molecule has 0 spiro atoms. The molecule has 0 saturated heterocycles. The molecule has 0 fully saturated rings. The Morgan fingerprint density at radius 1 is 1.12 bits per heavy atom. The van der Waals surface area contributed by atoms with Gasteiger partial charge in [0, 0.05) is 23.2 Å². The highest BCUT2D eigenvalue weighted by molar-refractivity contribution is 7.92. The van der Waals surface area contributed by atoms with E-state index in [0.717, 1.165) is 15.5 Å². The first-order valence-electron chi connectivity index (χ1n) is 10.6. The molecule has 2 rings (SSSR count). The maximum absolute atomic E-state index is 14.4. The maximum atomic E-state index is 14.4. The summed E-state index contributed by atoms with van der Waals surface area (Å²) in [5.74, 6) is -1.70. The van der Waals surface area contributed by atoms with Gasteiger partial charge in [0.05, 0.1) is 17.0 Å². The third-order valence-corrected chi connectivity index (χ3v) is 7.00. The standard InChI is InChI=1S/C23H28Cl2FN3O4S/c1-5-15(2)27-23(31)16(3)28(13-17-8-6-7-9-20(17)26)22(30)14-29(34(4,32)33)21-12-18(24)10-11-19(21)25/h6-12,15-16H,5,13-14H2,1-4H3,(H,27,31)/t15-,16+/m1/s1. The predicted octanol–water partition coefficient (Wildman–Crippen LogP) is 4.23. The van der Waals surface area contributed by atoms with E-state index in [9.17, 15) is 22.4 Å². The first-order valence-corrected chi connectivity index (χ1v) is 13.2. The second kappa shape index (κ2) is 11.9. The van der Waals surface area contributed by atoms with Crippen molar-refractivity contribution in [2.24, 2.45) is 0 Å². The highest BCUT2D eigenvalue weighted by Crippen LogP contribution is 2.31. The minimum absolute atomic E-state index is 0.0209. The van der Waals surface area contributed by atoms with Crippen LogP contribution in [0.3, 0.4) is 0 Å². The zero-order valence-corrected chi connectivity index (χ0v) is 21.7. The molecule has 2 aromatic rings. The Labute approximate surface area is 209 Å². The van der Waals surface area contributed by atoms with Crippen LogP contribution in [-0.4, -0.2) is 50.0 Å². The van der Waals surface area contributed by atoms with Crippen LogP contribution in [0.4, 0.5) is 10.1 Å². The van der Waals surface area contributed by atoms with Gasteiger partial charge in [0.1, 0.15) is 18.4 Å². The molecule has 11 heteroatoms. The lowest BCUT2D eigenvalue weighted by molar-refractivity contribution is -0.139. The molecular weight excluding hydrogens is 504 g/mol. The molecule has 2 amide bonds. The summed E-state index contributed by atoms with van der Waals surface area (Å²) in [7, 11) is -3.97. The van der Waals surface area contributed by atoms with Crippen molar-refractivity contribution < 1.29 is 22.4 Å². The third-order valence-electron chi connectivity index (χ3n) is 5.32. The first-order chi connectivity index (χ1) is 15.8. The van der Waals surface area contributed by atoms with Gasteiger partial charge in [-0.15, -0.1) is 0 Å². The summed E-state index contributed by atoms with van der Waals surface area (Å²) in [4.78, 5) is 27.4. The zero-order chi connectivity index (χ0) is 25.6. The quantitative estimate of drug-likeness (QED) is 0.496. The summed E-state index contributed by atoms with van der Waals surface area (Å²) in [6.45, 7) is 4.33. The van der Waals surface area contributed by atoms with Crippen LogP contribution in [0, 0.1) is 5.82 Å². The fourth-order valence-electron chi connectivity index (χ4n) is 3.13. The van der Waals surface area contributed by atoms with Crippen molar-refractivity contribution in [3.63, 3.8) is 0 Å². The number of nitrogens with one attached hydrogen (secondary N) is 1. The fourth-order valence-corrected chi connectivity index (χ4v) is 4.42. The van der Waals surface area contributed by atoms with Crippen LogP contribution in [0.1, 0.15) is 32.8 Å². The normalized spacial score (nSPS) is 13.1. The van der Waals surface area contributed by atoms with E-state index in [1.807, 2.05) is 13.8 Å². The Hall–Kier alpha value is -2.36. The molecule has 0 aromatic heterocycles. The van der Waals surface area contributed by atoms with Gasteiger partial charge in [0.2, 0.25) is 21.8 Å². The molecule has 0 radical (unpaired) electrons. The molecule has 2 aromatic carbocycles. The molecule has 0 aliphatic rings. The maximum Gasteiger partial charge on any atom is 0.244 e. The minimum Gasteiger partial charge on any atom is -0.352 e. The van der Waals surface area contributed by atoms with Gasteiger partial charge in [-0.25, -0.2) is 12.8 Å². The van der Waals surface area contributed by atoms with Crippen LogP contribution in [-0.2, 0) is 26.2 Å². The van der Waals surface area contributed by atoms with Crippen LogP contribution in [0.5, 0.6) is 0 Å². The number of carbonyl (C=O) groups excluding carboxylic acids is 2. The fraction of sp³-hybridized carbons (Fsp3) is 0.391. The van der Waals surface area contributed by atoms with Crippen LogP contribution in [0.2, 0.25) is 10.0 Å². The second-order valence-electron chi connectivity index (χ2n) is 7.97. The van der Waals surface area contributed by atoms with E-state index in [0.29, 0.717) is 6.42 Å². The minimum atomic E-state index is -3.97. The van der Waals surface area contributed by atoms with E-state index >= 15 is 0 Å². The van der Waals surface area contributed by atoms with Crippen molar-refractivity contribution in [2.75, 3.05) is 17.1 Å². The van der Waals surface area contributed by atoms with Gasteiger partial charge in [-0.2, -0.15) is 0 Å². The van der Waals surface area contributed by atoms with Crippen molar-refractivity contribution in [3.05, 3.63) is 63.9 Å². The lowest BCUT2D eigenvalue weighted by Crippen LogP contribution is -2.52. The number of anilines is 1. The molecule has 7 nitrogen and oxygen atoms in total. The predicted molar refractivity (Wildman–Crippen MR) is 133 cm³/mol. The third kappa shape index (κ3) is 7.32. The smallest absolute Gasteiger partial charge is 0.244 e. The van der Waals surface area contributed by atoms with Crippen molar-refractivity contribution in [1.29, 1.82) is 0 Å². The van der Waals surface area contributed by atoms with Gasteiger partial charge in [-0.3, -0.25) is 13.9 Å². The molecule has 2 atom stereocenters. The topological polar surface area (TPSA) is 86.8 Å². The van der Waals surface area contributed by atoms with Gasteiger partial charge in [-0.1, -0.05) is 48.3 Å². The molecule has 0 saturated carbocycles. The summed E-state index contributed by atoms with van der Waals surface area (Å²) in [5, 5.41) is 3.10. The highest BCUT2D eigenvalue weighted by atomic mass is 35.5. The largest absolute Gasteiger partial charge is 0.352 e. The number of nitrogens with zero attached hydrogens (tertiary/aromatic N) is 2. The van der Waals surface area contributed by atoms with Gasteiger partial charge >= 0.3 is 0 Å². The molecule has 0 aliphatic heterocycles. The first kappa shape index (κ1) is 27.9. The molecule has 1 N–H and O–H groups in total. The number of hydrogen-bond donors (Lipinski definition) is 1. The van der Waals surface area contributed by atoms with Gasteiger partial charge in [0.25, 0.3) is 0 Å². The molecule has 0 aliphatic carbocycles. The van der Waals surface area contributed by atoms with Crippen molar-refractivity contribution in [2.45, 2.75) is 45.8 Å². The SMILES string of the molecule is CC[C@@H](C)NC(=O)[C@H](C)N(Cc1ccccc1F)C(=O)CN(c1cc(Cl)ccc1Cl)S(C)(=O)=O. The number of halogens is 3. The van der Waals surface area contributed by atoms with E-state index in [2.05, 4.69) is 5.32 Å². The summed E-state index contributed by atoms with van der Waals surface area (Å²) >= 11 is 12.2. The number of sulfonamides is 1. The lowest BCUT2D eigenvalue weighted by Gasteiger charge is -2.32. The number of hydrogen-bond acceptors (Lipinski definition) is 4. The lowest BCUT2D eigenvalue weighted by atomic mass is 10.1. The van der Waals surface area contributed by atoms with Crippen LogP contribution < -0.4 is 9.62 Å². The second-order valence-corrected chi connectivity index (χ2v) is 10.7. The van der Waals surface area contributed by atoms with Gasteiger partial charge in [0.15, 0.2) is 0 Å².